The smallest absolute Gasteiger partial charge is 0.471 e. The largest absolute Gasteiger partial charge is 0.493 e. The minimum atomic E-state index is -4.66. The molecule has 0 bridgehead atoms. The monoisotopic (exact) mass is 391 g/mol. The van der Waals surface area contributed by atoms with Crippen LogP contribution in [-0.4, -0.2) is 21.7 Å². The molecule has 3 rings (SSSR count). The second-order valence-corrected chi connectivity index (χ2v) is 6.53. The van der Waals surface area contributed by atoms with E-state index in [9.17, 15) is 13.2 Å². The molecule has 148 valence electrons. The van der Waals surface area contributed by atoms with Crippen LogP contribution in [0.25, 0.3) is 11.4 Å². The normalized spacial score (nSPS) is 11.6. The van der Waals surface area contributed by atoms with Crippen molar-refractivity contribution < 1.29 is 22.4 Å². The second kappa shape index (κ2) is 8.41. The Morgan fingerprint density at radius 1 is 1.11 bits per heavy atom. The third-order valence-electron chi connectivity index (χ3n) is 4.22. The van der Waals surface area contributed by atoms with Crippen molar-refractivity contribution in [3.63, 3.8) is 0 Å². The number of nitrogens with zero attached hydrogens (tertiary/aromatic N) is 3. The fourth-order valence-electron chi connectivity index (χ4n) is 2.91. The van der Waals surface area contributed by atoms with Crippen LogP contribution < -0.4 is 4.74 Å². The highest BCUT2D eigenvalue weighted by Gasteiger charge is 2.38. The maximum Gasteiger partial charge on any atom is 0.471 e. The molecule has 8 heteroatoms. The molecular formula is C20H20F3N3O2. The van der Waals surface area contributed by atoms with E-state index < -0.39 is 12.1 Å². The van der Waals surface area contributed by atoms with Crippen molar-refractivity contribution in [3.05, 3.63) is 59.2 Å². The summed E-state index contributed by atoms with van der Waals surface area (Å²) >= 11 is 0. The van der Waals surface area contributed by atoms with Crippen molar-refractivity contribution in [2.75, 3.05) is 6.61 Å². The van der Waals surface area contributed by atoms with Crippen LogP contribution in [0.5, 0.6) is 5.75 Å². The minimum Gasteiger partial charge on any atom is -0.493 e. The molecule has 0 amide bonds. The van der Waals surface area contributed by atoms with Gasteiger partial charge in [-0.1, -0.05) is 11.2 Å². The van der Waals surface area contributed by atoms with E-state index in [-0.39, 0.29) is 5.82 Å². The van der Waals surface area contributed by atoms with E-state index in [2.05, 4.69) is 19.6 Å². The number of halogens is 3. The second-order valence-electron chi connectivity index (χ2n) is 6.53. The van der Waals surface area contributed by atoms with Gasteiger partial charge in [0.15, 0.2) is 0 Å². The average molecular weight is 391 g/mol. The summed E-state index contributed by atoms with van der Waals surface area (Å²) in [7, 11) is 0. The summed E-state index contributed by atoms with van der Waals surface area (Å²) in [6.07, 6.45) is 1.75. The summed E-state index contributed by atoms with van der Waals surface area (Å²) < 4.78 is 48.1. The number of hydrogen-bond acceptors (Lipinski definition) is 5. The van der Waals surface area contributed by atoms with E-state index >= 15 is 0 Å². The van der Waals surface area contributed by atoms with E-state index in [0.29, 0.717) is 12.2 Å². The zero-order valence-electron chi connectivity index (χ0n) is 15.6. The van der Waals surface area contributed by atoms with Crippen LogP contribution in [0.2, 0.25) is 0 Å². The lowest BCUT2D eigenvalue weighted by molar-refractivity contribution is -0.159. The molecule has 0 saturated carbocycles. The van der Waals surface area contributed by atoms with Crippen molar-refractivity contribution in [1.82, 2.24) is 15.1 Å². The molecule has 0 spiro atoms. The van der Waals surface area contributed by atoms with Crippen molar-refractivity contribution in [3.8, 4) is 17.1 Å². The third kappa shape index (κ3) is 4.88. The molecule has 0 N–H and O–H groups in total. The Kier molecular flexibility index (Phi) is 5.96. The highest BCUT2D eigenvalue weighted by atomic mass is 19.4. The zero-order valence-corrected chi connectivity index (χ0v) is 15.6. The molecule has 0 aliphatic carbocycles. The molecule has 0 aliphatic heterocycles. The summed E-state index contributed by atoms with van der Waals surface area (Å²) in [5.74, 6) is -0.724. The molecule has 0 aliphatic rings. The van der Waals surface area contributed by atoms with Gasteiger partial charge in [0, 0.05) is 18.0 Å². The van der Waals surface area contributed by atoms with Gasteiger partial charge in [-0.25, -0.2) is 0 Å². The summed E-state index contributed by atoms with van der Waals surface area (Å²) in [5, 5.41) is 3.43. The highest BCUT2D eigenvalue weighted by Crippen LogP contribution is 2.32. The maximum atomic E-state index is 12.6. The lowest BCUT2D eigenvalue weighted by atomic mass is 10.1. The summed E-state index contributed by atoms with van der Waals surface area (Å²) in [6, 6.07) is 7.36. The first-order chi connectivity index (χ1) is 13.3. The standard InChI is InChI=1S/C20H20F3N3O2/c1-13-10-16(18-25-19(28-26-18)20(21,22)23)11-14(2)17(13)27-9-4-3-6-15-7-5-8-24-12-15/h5,7-8,10-12H,3-4,6,9H2,1-2H3. The number of hydrogen-bond donors (Lipinski definition) is 0. The van der Waals surface area contributed by atoms with Gasteiger partial charge in [-0.05, 0) is 68.0 Å². The summed E-state index contributed by atoms with van der Waals surface area (Å²) in [5.41, 5.74) is 3.26. The molecule has 5 nitrogen and oxygen atoms in total. The molecule has 1 aromatic carbocycles. The Balaban J connectivity index is 1.60. The molecule has 2 heterocycles. The number of pyridine rings is 1. The number of rotatable bonds is 7. The zero-order chi connectivity index (χ0) is 20.1. The van der Waals surface area contributed by atoms with Crippen LogP contribution in [0.4, 0.5) is 13.2 Å². The highest BCUT2D eigenvalue weighted by molar-refractivity contribution is 5.61. The van der Waals surface area contributed by atoms with Crippen LogP contribution >= 0.6 is 0 Å². The predicted molar refractivity (Wildman–Crippen MR) is 96.9 cm³/mol. The first-order valence-corrected chi connectivity index (χ1v) is 8.89. The number of alkyl halides is 3. The van der Waals surface area contributed by atoms with E-state index in [1.54, 1.807) is 18.3 Å². The molecular weight excluding hydrogens is 371 g/mol. The molecule has 28 heavy (non-hydrogen) atoms. The van der Waals surface area contributed by atoms with Crippen LogP contribution in [0, 0.1) is 13.8 Å². The van der Waals surface area contributed by atoms with Gasteiger partial charge in [-0.3, -0.25) is 4.98 Å². The van der Waals surface area contributed by atoms with Gasteiger partial charge < -0.3 is 9.26 Å². The first-order valence-electron chi connectivity index (χ1n) is 8.89. The number of aryl methyl sites for hydroxylation is 3. The van der Waals surface area contributed by atoms with Crippen LogP contribution in [0.15, 0.2) is 41.2 Å². The Morgan fingerprint density at radius 3 is 2.46 bits per heavy atom. The third-order valence-corrected chi connectivity index (χ3v) is 4.22. The molecule has 0 unspecified atom stereocenters. The SMILES string of the molecule is Cc1cc(-c2noc(C(F)(F)F)n2)cc(C)c1OCCCCc1cccnc1. The molecule has 2 aromatic heterocycles. The van der Waals surface area contributed by atoms with Gasteiger partial charge in [-0.2, -0.15) is 18.2 Å². The van der Waals surface area contributed by atoms with Crippen molar-refractivity contribution in [2.45, 2.75) is 39.3 Å². The van der Waals surface area contributed by atoms with Crippen LogP contribution in [-0.2, 0) is 12.6 Å². The fourth-order valence-corrected chi connectivity index (χ4v) is 2.91. The Hall–Kier alpha value is -2.90. The Morgan fingerprint density at radius 2 is 1.86 bits per heavy atom. The maximum absolute atomic E-state index is 12.6. The molecule has 0 atom stereocenters. The van der Waals surface area contributed by atoms with E-state index in [4.69, 9.17) is 4.74 Å². The first kappa shape index (κ1) is 19.9. The molecule has 0 fully saturated rings. The van der Waals surface area contributed by atoms with Gasteiger partial charge in [0.1, 0.15) is 5.75 Å². The van der Waals surface area contributed by atoms with Gasteiger partial charge in [0.05, 0.1) is 6.61 Å². The number of aromatic nitrogens is 3. The predicted octanol–water partition coefficient (Wildman–Crippen LogP) is 5.17. The van der Waals surface area contributed by atoms with Crippen molar-refractivity contribution >= 4 is 0 Å². The number of unbranched alkanes of at least 4 members (excludes halogenated alkanes) is 1. The summed E-state index contributed by atoms with van der Waals surface area (Å²) in [6.45, 7) is 4.24. The van der Waals surface area contributed by atoms with Gasteiger partial charge in [0.25, 0.3) is 0 Å². The average Bonchev–Trinajstić information content (AvgIpc) is 3.15. The van der Waals surface area contributed by atoms with Gasteiger partial charge in [-0.15, -0.1) is 0 Å². The fraction of sp³-hybridized carbons (Fsp3) is 0.350. The molecule has 0 saturated heterocycles. The Labute approximate surface area is 160 Å². The van der Waals surface area contributed by atoms with Crippen molar-refractivity contribution in [2.24, 2.45) is 0 Å². The molecule has 3 aromatic rings. The van der Waals surface area contributed by atoms with Gasteiger partial charge >= 0.3 is 12.1 Å². The summed E-state index contributed by atoms with van der Waals surface area (Å²) in [4.78, 5) is 7.52. The quantitative estimate of drug-likeness (QED) is 0.520. The van der Waals surface area contributed by atoms with E-state index in [1.807, 2.05) is 32.2 Å². The van der Waals surface area contributed by atoms with E-state index in [0.717, 1.165) is 36.1 Å². The van der Waals surface area contributed by atoms with Crippen LogP contribution in [0.1, 0.15) is 35.4 Å². The van der Waals surface area contributed by atoms with Crippen LogP contribution in [0.3, 0.4) is 0 Å². The lowest BCUT2D eigenvalue weighted by Gasteiger charge is -2.13. The lowest BCUT2D eigenvalue weighted by Crippen LogP contribution is -2.05. The van der Waals surface area contributed by atoms with Gasteiger partial charge in [0.2, 0.25) is 5.82 Å². The van der Waals surface area contributed by atoms with E-state index in [1.165, 1.54) is 5.56 Å². The number of benzene rings is 1. The Bertz CT molecular complexity index is 901. The molecule has 0 radical (unpaired) electrons. The topological polar surface area (TPSA) is 61.0 Å². The number of ether oxygens (including phenoxy) is 1. The minimum absolute atomic E-state index is 0.0958. The van der Waals surface area contributed by atoms with Crippen molar-refractivity contribution in [1.29, 1.82) is 0 Å².